The topological polar surface area (TPSA) is 26.3 Å². The number of hydrogen-bond donors (Lipinski definition) is 0. The molecule has 0 fully saturated rings. The molecule has 1 heterocycles. The molecule has 52 valence electrons. The molecule has 0 aromatic rings. The van der Waals surface area contributed by atoms with E-state index >= 15 is 0 Å². The summed E-state index contributed by atoms with van der Waals surface area (Å²) in [5.41, 5.74) is 0. The van der Waals surface area contributed by atoms with Crippen molar-refractivity contribution in [2.75, 3.05) is 5.75 Å². The van der Waals surface area contributed by atoms with E-state index < -0.39 is 11.1 Å². The summed E-state index contributed by atoms with van der Waals surface area (Å²) in [6.45, 7) is 2.08. The van der Waals surface area contributed by atoms with Gasteiger partial charge in [-0.15, -0.1) is 0 Å². The van der Waals surface area contributed by atoms with Gasteiger partial charge in [-0.25, -0.2) is 4.21 Å². The monoisotopic (exact) mass is 146 g/mol. The minimum Gasteiger partial charge on any atom is -0.409 e. The minimum absolute atomic E-state index is 0.458. The highest BCUT2D eigenvalue weighted by atomic mass is 32.2. The van der Waals surface area contributed by atoms with Crippen LogP contribution < -0.4 is 0 Å². The molecule has 0 radical (unpaired) electrons. The van der Waals surface area contributed by atoms with Crippen molar-refractivity contribution in [3.63, 3.8) is 0 Å². The van der Waals surface area contributed by atoms with Gasteiger partial charge in [0.05, 0.1) is 5.75 Å². The van der Waals surface area contributed by atoms with Gasteiger partial charge in [0, 0.05) is 0 Å². The Labute approximate surface area is 57.6 Å². The van der Waals surface area contributed by atoms with Gasteiger partial charge in [-0.1, -0.05) is 6.92 Å². The Morgan fingerprint density at radius 3 is 3.11 bits per heavy atom. The number of rotatable bonds is 1. The lowest BCUT2D eigenvalue weighted by atomic mass is 10.1. The molecule has 2 nitrogen and oxygen atoms in total. The van der Waals surface area contributed by atoms with Crippen LogP contribution in [0, 0.1) is 5.92 Å². The molecule has 0 aromatic heterocycles. The quantitative estimate of drug-likeness (QED) is 0.556. The molecule has 0 saturated carbocycles. The Balaban J connectivity index is 2.49. The fourth-order valence-electron chi connectivity index (χ4n) is 0.729. The van der Waals surface area contributed by atoms with Crippen LogP contribution in [0.4, 0.5) is 0 Å². The van der Waals surface area contributed by atoms with Gasteiger partial charge in [0.15, 0.2) is 0 Å². The van der Waals surface area contributed by atoms with E-state index in [4.69, 9.17) is 4.18 Å². The molecule has 2 atom stereocenters. The fourth-order valence-corrected chi connectivity index (χ4v) is 1.69. The van der Waals surface area contributed by atoms with Crippen LogP contribution in [0.3, 0.4) is 0 Å². The molecule has 0 amide bonds. The van der Waals surface area contributed by atoms with E-state index in [2.05, 4.69) is 6.92 Å². The Morgan fingerprint density at radius 1 is 1.89 bits per heavy atom. The molecule has 1 aliphatic rings. The first-order valence-electron chi connectivity index (χ1n) is 3.05. The summed E-state index contributed by atoms with van der Waals surface area (Å²) in [5, 5.41) is 0. The van der Waals surface area contributed by atoms with Crippen LogP contribution in [0.2, 0.25) is 0 Å². The maximum atomic E-state index is 10.7. The average Bonchev–Trinajstić information content (AvgIpc) is 1.88. The summed E-state index contributed by atoms with van der Waals surface area (Å²) in [6, 6.07) is 0. The van der Waals surface area contributed by atoms with Crippen molar-refractivity contribution >= 4 is 11.1 Å². The summed E-state index contributed by atoms with van der Waals surface area (Å²) < 4.78 is 15.4. The van der Waals surface area contributed by atoms with Crippen LogP contribution in [0.25, 0.3) is 0 Å². The largest absolute Gasteiger partial charge is 0.409 e. The second kappa shape index (κ2) is 3.01. The molecular formula is C6H10O2S. The predicted octanol–water partition coefficient (Wildman–Crippen LogP) is 1.22. The van der Waals surface area contributed by atoms with Gasteiger partial charge in [-0.05, 0) is 18.4 Å². The lowest BCUT2D eigenvalue weighted by molar-refractivity contribution is 0.471. The number of hydrogen-bond acceptors (Lipinski definition) is 2. The van der Waals surface area contributed by atoms with Crippen molar-refractivity contribution in [1.82, 2.24) is 0 Å². The zero-order chi connectivity index (χ0) is 6.69. The maximum absolute atomic E-state index is 10.7. The summed E-state index contributed by atoms with van der Waals surface area (Å²) in [6.07, 6.45) is 4.54. The first-order valence-corrected chi connectivity index (χ1v) is 4.29. The smallest absolute Gasteiger partial charge is 0.206 e. The summed E-state index contributed by atoms with van der Waals surface area (Å²) >= 11 is -1.06. The molecule has 0 saturated heterocycles. The van der Waals surface area contributed by atoms with Crippen molar-refractivity contribution in [1.29, 1.82) is 0 Å². The SMILES string of the molecule is CCC1C=COS(=O)C1. The van der Waals surface area contributed by atoms with E-state index in [0.29, 0.717) is 11.7 Å². The zero-order valence-corrected chi connectivity index (χ0v) is 6.19. The van der Waals surface area contributed by atoms with Crippen molar-refractivity contribution in [2.24, 2.45) is 5.92 Å². The molecule has 0 spiro atoms. The molecular weight excluding hydrogens is 136 g/mol. The van der Waals surface area contributed by atoms with E-state index in [1.807, 2.05) is 6.08 Å². The molecule has 9 heavy (non-hydrogen) atoms. The standard InChI is InChI=1S/C6H10O2S/c1-2-6-3-4-8-9(7)5-6/h3-4,6H,2,5H2,1H3. The average molecular weight is 146 g/mol. The highest BCUT2D eigenvalue weighted by Gasteiger charge is 2.11. The molecule has 1 aliphatic heterocycles. The van der Waals surface area contributed by atoms with Crippen LogP contribution in [-0.4, -0.2) is 9.96 Å². The van der Waals surface area contributed by atoms with Crippen LogP contribution >= 0.6 is 0 Å². The highest BCUT2D eigenvalue weighted by molar-refractivity contribution is 7.80. The molecule has 0 aromatic carbocycles. The van der Waals surface area contributed by atoms with Gasteiger partial charge in [0.25, 0.3) is 0 Å². The van der Waals surface area contributed by atoms with Crippen molar-refractivity contribution in [3.05, 3.63) is 12.3 Å². The van der Waals surface area contributed by atoms with Gasteiger partial charge in [0.1, 0.15) is 6.26 Å². The van der Waals surface area contributed by atoms with E-state index in [1.165, 1.54) is 6.26 Å². The third-order valence-corrected chi connectivity index (χ3v) is 2.41. The molecule has 1 rings (SSSR count). The number of allylic oxidation sites excluding steroid dienone is 1. The van der Waals surface area contributed by atoms with Crippen LogP contribution in [0.15, 0.2) is 12.3 Å². The van der Waals surface area contributed by atoms with E-state index in [1.54, 1.807) is 0 Å². The molecule has 0 N–H and O–H groups in total. The molecule has 3 heteroatoms. The normalized spacial score (nSPS) is 33.9. The maximum Gasteiger partial charge on any atom is 0.206 e. The Hall–Kier alpha value is -0.310. The van der Waals surface area contributed by atoms with Gasteiger partial charge in [-0.2, -0.15) is 0 Å². The third-order valence-electron chi connectivity index (χ3n) is 1.39. The highest BCUT2D eigenvalue weighted by Crippen LogP contribution is 2.12. The first kappa shape index (κ1) is 6.81. The van der Waals surface area contributed by atoms with Crippen LogP contribution in [0.5, 0.6) is 0 Å². The second-order valence-electron chi connectivity index (χ2n) is 2.06. The fraction of sp³-hybridized carbons (Fsp3) is 0.667. The van der Waals surface area contributed by atoms with Crippen molar-refractivity contribution in [2.45, 2.75) is 13.3 Å². The van der Waals surface area contributed by atoms with Gasteiger partial charge in [0.2, 0.25) is 11.1 Å². The Morgan fingerprint density at radius 2 is 2.67 bits per heavy atom. The van der Waals surface area contributed by atoms with E-state index in [-0.39, 0.29) is 0 Å². The van der Waals surface area contributed by atoms with Crippen molar-refractivity contribution < 1.29 is 8.39 Å². The zero-order valence-electron chi connectivity index (χ0n) is 5.37. The van der Waals surface area contributed by atoms with Gasteiger partial charge >= 0.3 is 0 Å². The van der Waals surface area contributed by atoms with Gasteiger partial charge in [-0.3, -0.25) is 0 Å². The second-order valence-corrected chi connectivity index (χ2v) is 3.20. The summed E-state index contributed by atoms with van der Waals surface area (Å²) in [4.78, 5) is 0. The summed E-state index contributed by atoms with van der Waals surface area (Å²) in [7, 11) is 0. The van der Waals surface area contributed by atoms with Crippen LogP contribution in [-0.2, 0) is 15.3 Å². The lowest BCUT2D eigenvalue weighted by Gasteiger charge is -2.12. The summed E-state index contributed by atoms with van der Waals surface area (Å²) in [5.74, 6) is 1.12. The van der Waals surface area contributed by atoms with Crippen molar-refractivity contribution in [3.8, 4) is 0 Å². The Kier molecular flexibility index (Phi) is 2.28. The molecule has 0 aliphatic carbocycles. The first-order chi connectivity index (χ1) is 4.33. The third kappa shape index (κ3) is 1.82. The lowest BCUT2D eigenvalue weighted by Crippen LogP contribution is -2.12. The van der Waals surface area contributed by atoms with Gasteiger partial charge < -0.3 is 4.18 Å². The van der Waals surface area contributed by atoms with E-state index in [0.717, 1.165) is 6.42 Å². The molecule has 0 bridgehead atoms. The molecule has 2 unspecified atom stereocenters. The van der Waals surface area contributed by atoms with Crippen LogP contribution in [0.1, 0.15) is 13.3 Å². The Bertz CT molecular complexity index is 142. The minimum atomic E-state index is -1.06. The predicted molar refractivity (Wildman–Crippen MR) is 37.0 cm³/mol. The van der Waals surface area contributed by atoms with E-state index in [9.17, 15) is 4.21 Å².